The monoisotopic (exact) mass is 717 g/mol. The third kappa shape index (κ3) is 10.8. The lowest BCUT2D eigenvalue weighted by molar-refractivity contribution is -0.143. The van der Waals surface area contributed by atoms with Crippen LogP contribution in [-0.4, -0.2) is 85.4 Å². The molecule has 1 heterocycles. The predicted molar refractivity (Wildman–Crippen MR) is 193 cm³/mol. The van der Waals surface area contributed by atoms with E-state index in [4.69, 9.17) is 0 Å². The van der Waals surface area contributed by atoms with Crippen molar-refractivity contribution in [2.45, 2.75) is 135 Å². The van der Waals surface area contributed by atoms with Crippen molar-refractivity contribution in [1.82, 2.24) is 26.2 Å². The zero-order valence-electron chi connectivity index (χ0n) is 31.0. The molecule has 4 N–H and O–H groups in total. The topological polar surface area (TPSA) is 171 Å². The Morgan fingerprint density at radius 2 is 1.58 bits per heavy atom. The van der Waals surface area contributed by atoms with E-state index in [-0.39, 0.29) is 35.4 Å². The van der Waals surface area contributed by atoms with Gasteiger partial charge in [-0.3, -0.25) is 19.2 Å². The van der Waals surface area contributed by atoms with E-state index >= 15 is 0 Å². The number of carbonyl (C=O) groups is 5. The van der Waals surface area contributed by atoms with E-state index in [2.05, 4.69) is 21.3 Å². The van der Waals surface area contributed by atoms with Crippen LogP contribution < -0.4 is 21.3 Å². The first kappa shape index (κ1) is 40.9. The molecule has 1 saturated heterocycles. The molecule has 2 aliphatic rings. The van der Waals surface area contributed by atoms with Gasteiger partial charge in [0.05, 0.1) is 22.2 Å². The molecule has 0 radical (unpaired) electrons. The highest BCUT2D eigenvalue weighted by atomic mass is 32.2. The van der Waals surface area contributed by atoms with Crippen LogP contribution in [0.15, 0.2) is 35.2 Å². The smallest absolute Gasteiger partial charge is 0.315 e. The fraction of sp³-hybridized carbons (Fsp3) is 0.703. The Kier molecular flexibility index (Phi) is 14.4. The summed E-state index contributed by atoms with van der Waals surface area (Å²) < 4.78 is 26.9. The number of ketones is 1. The Morgan fingerprint density at radius 1 is 0.940 bits per heavy atom. The second-order valence-corrected chi connectivity index (χ2v) is 17.5. The first-order chi connectivity index (χ1) is 23.4. The summed E-state index contributed by atoms with van der Waals surface area (Å²) in [5.74, 6) is -2.54. The van der Waals surface area contributed by atoms with Crippen LogP contribution in [0, 0.1) is 17.3 Å². The molecule has 1 unspecified atom stereocenters. The Morgan fingerprint density at radius 3 is 2.14 bits per heavy atom. The average Bonchev–Trinajstić information content (AvgIpc) is 3.52. The van der Waals surface area contributed by atoms with Gasteiger partial charge in [-0.25, -0.2) is 13.2 Å². The number of likely N-dealkylation sites (tertiary alicyclic amines) is 1. The molecule has 280 valence electrons. The molecule has 1 aromatic rings. The maximum absolute atomic E-state index is 14.4. The molecule has 12 nitrogen and oxygen atoms in total. The van der Waals surface area contributed by atoms with Crippen molar-refractivity contribution in [2.24, 2.45) is 17.3 Å². The van der Waals surface area contributed by atoms with E-state index < -0.39 is 68.5 Å². The molecule has 1 aromatic carbocycles. The number of carbonyl (C=O) groups excluding carboxylic acids is 5. The molecule has 3 rings (SSSR count). The average molecular weight is 718 g/mol. The van der Waals surface area contributed by atoms with E-state index in [0.717, 1.165) is 19.3 Å². The zero-order valence-corrected chi connectivity index (χ0v) is 31.8. The van der Waals surface area contributed by atoms with Crippen molar-refractivity contribution in [3.8, 4) is 0 Å². The summed E-state index contributed by atoms with van der Waals surface area (Å²) in [6.07, 6.45) is 5.28. The van der Waals surface area contributed by atoms with Crippen molar-refractivity contribution < 1.29 is 32.4 Å². The van der Waals surface area contributed by atoms with Crippen molar-refractivity contribution in [2.75, 3.05) is 18.8 Å². The SMILES string of the molecule is CCCNC(=O)C(=O)C(CCC)NC(=O)[C@@H]1C[C@@H](C(C)C)CN1C(=O)[C@@H](NC(=O)NC1(CS(=O)(=O)c2ccccc2)CCCCC1)C(C)(C)C. The van der Waals surface area contributed by atoms with Crippen LogP contribution in [0.25, 0.3) is 0 Å². The number of urea groups is 1. The Hall–Kier alpha value is -3.48. The third-order valence-electron chi connectivity index (χ3n) is 9.98. The van der Waals surface area contributed by atoms with Gasteiger partial charge < -0.3 is 26.2 Å². The van der Waals surface area contributed by atoms with Gasteiger partial charge >= 0.3 is 6.03 Å². The quantitative estimate of drug-likeness (QED) is 0.198. The van der Waals surface area contributed by atoms with Crippen molar-refractivity contribution in [1.29, 1.82) is 0 Å². The van der Waals surface area contributed by atoms with Gasteiger partial charge in [0, 0.05) is 13.1 Å². The van der Waals surface area contributed by atoms with Crippen LogP contribution in [0.5, 0.6) is 0 Å². The maximum atomic E-state index is 14.4. The number of nitrogens with one attached hydrogen (secondary N) is 4. The molecule has 0 aromatic heterocycles. The second-order valence-electron chi connectivity index (χ2n) is 15.5. The third-order valence-corrected chi connectivity index (χ3v) is 11.9. The number of benzene rings is 1. The second kappa shape index (κ2) is 17.6. The molecule has 2 fully saturated rings. The summed E-state index contributed by atoms with van der Waals surface area (Å²) in [6, 6.07) is 4.56. The molecular weight excluding hydrogens is 659 g/mol. The molecule has 1 aliphatic carbocycles. The largest absolute Gasteiger partial charge is 0.349 e. The van der Waals surface area contributed by atoms with E-state index in [1.807, 2.05) is 48.5 Å². The number of hydrogen-bond acceptors (Lipinski definition) is 7. The van der Waals surface area contributed by atoms with Crippen molar-refractivity contribution in [3.63, 3.8) is 0 Å². The normalized spacial score (nSPS) is 20.4. The van der Waals surface area contributed by atoms with Crippen molar-refractivity contribution >= 4 is 39.4 Å². The predicted octanol–water partition coefficient (Wildman–Crippen LogP) is 4.13. The maximum Gasteiger partial charge on any atom is 0.315 e. The molecule has 13 heteroatoms. The van der Waals surface area contributed by atoms with Gasteiger partial charge in [0.1, 0.15) is 12.1 Å². The lowest BCUT2D eigenvalue weighted by atomic mass is 9.83. The highest BCUT2D eigenvalue weighted by Crippen LogP contribution is 2.34. The summed E-state index contributed by atoms with van der Waals surface area (Å²) in [4.78, 5) is 69.3. The lowest BCUT2D eigenvalue weighted by Crippen LogP contribution is -2.63. The highest BCUT2D eigenvalue weighted by Gasteiger charge is 2.47. The van der Waals surface area contributed by atoms with Crippen LogP contribution in [0.2, 0.25) is 0 Å². The van der Waals surface area contributed by atoms with Gasteiger partial charge in [-0.1, -0.05) is 92.3 Å². The number of sulfone groups is 1. The Bertz CT molecular complexity index is 1450. The lowest BCUT2D eigenvalue weighted by Gasteiger charge is -2.40. The molecule has 0 spiro atoms. The fourth-order valence-electron chi connectivity index (χ4n) is 6.98. The van der Waals surface area contributed by atoms with Gasteiger partial charge in [-0.2, -0.15) is 0 Å². The molecule has 1 aliphatic heterocycles. The Balaban J connectivity index is 1.85. The summed E-state index contributed by atoms with van der Waals surface area (Å²) in [5.41, 5.74) is -1.79. The van der Waals surface area contributed by atoms with Gasteiger partial charge in [0.2, 0.25) is 17.6 Å². The number of rotatable bonds is 15. The Labute approximate surface area is 298 Å². The number of nitrogens with zero attached hydrogens (tertiary/aromatic N) is 1. The molecular formula is C37H59N5O7S. The first-order valence-corrected chi connectivity index (χ1v) is 19.9. The number of hydrogen-bond donors (Lipinski definition) is 4. The van der Waals surface area contributed by atoms with Crippen LogP contribution >= 0.6 is 0 Å². The first-order valence-electron chi connectivity index (χ1n) is 18.2. The van der Waals surface area contributed by atoms with Gasteiger partial charge in [0.25, 0.3) is 5.91 Å². The van der Waals surface area contributed by atoms with E-state index in [1.165, 1.54) is 4.90 Å². The van der Waals surface area contributed by atoms with Crippen LogP contribution in [0.1, 0.15) is 106 Å². The minimum atomic E-state index is -3.72. The van der Waals surface area contributed by atoms with E-state index in [0.29, 0.717) is 38.6 Å². The minimum Gasteiger partial charge on any atom is -0.349 e. The zero-order chi connectivity index (χ0) is 37.3. The van der Waals surface area contributed by atoms with Gasteiger partial charge in [0.15, 0.2) is 9.84 Å². The van der Waals surface area contributed by atoms with Gasteiger partial charge in [-0.15, -0.1) is 0 Å². The van der Waals surface area contributed by atoms with Crippen molar-refractivity contribution in [3.05, 3.63) is 30.3 Å². The number of Topliss-reactive ketones (excluding diaryl/α,β-unsaturated/α-hetero) is 1. The number of amides is 5. The molecule has 0 bridgehead atoms. The van der Waals surface area contributed by atoms with Crippen LogP contribution in [-0.2, 0) is 29.0 Å². The van der Waals surface area contributed by atoms with Crippen LogP contribution in [0.4, 0.5) is 4.79 Å². The summed E-state index contributed by atoms with van der Waals surface area (Å²) in [5, 5.41) is 11.2. The summed E-state index contributed by atoms with van der Waals surface area (Å²) in [6.45, 7) is 13.9. The summed E-state index contributed by atoms with van der Waals surface area (Å²) in [7, 11) is -3.72. The minimum absolute atomic E-state index is 0.00831. The molecule has 1 saturated carbocycles. The molecule has 4 atom stereocenters. The highest BCUT2D eigenvalue weighted by molar-refractivity contribution is 7.91. The fourth-order valence-corrected chi connectivity index (χ4v) is 8.81. The standard InChI is InChI=1S/C37H59N5O7S/c1-8-16-28(30(43)33(45)38-21-9-2)39-32(44)29-22-26(25(3)4)23-42(29)34(46)31(36(5,6)7)40-35(47)41-37(19-14-11-15-20-37)24-50(48,49)27-17-12-10-13-18-27/h10,12-13,17-18,25-26,28-29,31H,8-9,11,14-16,19-24H2,1-7H3,(H,38,45)(H,39,44)(H2,40,41,47)/t26-,28?,29+,31-/m1/s1. The van der Waals surface area contributed by atoms with E-state index in [9.17, 15) is 32.4 Å². The van der Waals surface area contributed by atoms with E-state index in [1.54, 1.807) is 30.3 Å². The summed E-state index contributed by atoms with van der Waals surface area (Å²) >= 11 is 0. The molecule has 50 heavy (non-hydrogen) atoms. The van der Waals surface area contributed by atoms with Crippen LogP contribution in [0.3, 0.4) is 0 Å². The molecule has 5 amide bonds. The van der Waals surface area contributed by atoms with Gasteiger partial charge in [-0.05, 0) is 61.5 Å².